The number of primary amides is 1. The molecule has 9 nitrogen and oxygen atoms in total. The Morgan fingerprint density at radius 3 is 2.43 bits per heavy atom. The SMILES string of the molecule is CC(=O)NC(Cc1cccc(C=O)c1)C(=O)CC1CCCCc2cc(OCC3CCCCC3)c(C(N)=O)cc21.O=C=O. The highest BCUT2D eigenvalue weighted by atomic mass is 16.5. The number of amides is 2. The van der Waals surface area contributed by atoms with Crippen molar-refractivity contribution in [3.05, 3.63) is 64.2 Å². The van der Waals surface area contributed by atoms with Crippen LogP contribution in [-0.4, -0.2) is 42.7 Å². The number of nitrogens with two attached hydrogens (primary N) is 1. The van der Waals surface area contributed by atoms with Crippen molar-refractivity contribution in [3.8, 4) is 5.75 Å². The van der Waals surface area contributed by atoms with Gasteiger partial charge in [-0.25, -0.2) is 0 Å². The summed E-state index contributed by atoms with van der Waals surface area (Å²) in [5.74, 6) is 0.0799. The zero-order valence-corrected chi connectivity index (χ0v) is 24.2. The van der Waals surface area contributed by atoms with Gasteiger partial charge in [-0.2, -0.15) is 9.59 Å². The number of carbonyl (C=O) groups is 4. The van der Waals surface area contributed by atoms with Gasteiger partial charge in [0.2, 0.25) is 5.91 Å². The first kappa shape index (κ1) is 32.4. The van der Waals surface area contributed by atoms with E-state index in [0.717, 1.165) is 61.5 Å². The summed E-state index contributed by atoms with van der Waals surface area (Å²) in [6.07, 6.45) is 11.2. The number of ketones is 1. The van der Waals surface area contributed by atoms with Gasteiger partial charge < -0.3 is 15.8 Å². The lowest BCUT2D eigenvalue weighted by molar-refractivity contribution is -0.191. The molecule has 0 radical (unpaired) electrons. The lowest BCUT2D eigenvalue weighted by Gasteiger charge is -2.24. The molecular formula is C33H40N2O7. The number of hydrogen-bond acceptors (Lipinski definition) is 7. The monoisotopic (exact) mass is 576 g/mol. The predicted molar refractivity (Wildman–Crippen MR) is 155 cm³/mol. The summed E-state index contributed by atoms with van der Waals surface area (Å²) in [7, 11) is 0. The fourth-order valence-electron chi connectivity index (χ4n) is 6.09. The summed E-state index contributed by atoms with van der Waals surface area (Å²) in [5.41, 5.74) is 9.58. The van der Waals surface area contributed by atoms with Crippen LogP contribution in [0.2, 0.25) is 0 Å². The molecule has 9 heteroatoms. The summed E-state index contributed by atoms with van der Waals surface area (Å²) in [6.45, 7) is 1.99. The van der Waals surface area contributed by atoms with E-state index in [1.54, 1.807) is 18.2 Å². The van der Waals surface area contributed by atoms with Gasteiger partial charge >= 0.3 is 6.15 Å². The van der Waals surface area contributed by atoms with Crippen LogP contribution in [-0.2, 0) is 32.0 Å². The third-order valence-corrected chi connectivity index (χ3v) is 8.14. The molecule has 2 aliphatic carbocycles. The summed E-state index contributed by atoms with van der Waals surface area (Å²) < 4.78 is 6.19. The number of Topliss-reactive ketones (excluding diaryl/α,β-unsaturated/α-hetero) is 1. The molecule has 0 saturated heterocycles. The molecule has 0 bridgehead atoms. The Hall–Kier alpha value is -4.10. The molecule has 224 valence electrons. The van der Waals surface area contributed by atoms with Gasteiger partial charge in [-0.05, 0) is 85.3 Å². The molecule has 0 aliphatic heterocycles. The standard InChI is InChI=1S/C32H40N2O5.CO2/c1-21(36)34-29(15-23-10-7-11-24(14-23)19-35)30(37)16-25-12-5-6-13-26-17-31(28(32(33)38)18-27(25)26)39-20-22-8-3-2-4-9-22;2-1-3/h7,10-11,14,17-19,22,25,29H,2-6,8-9,12-13,15-16,20H2,1H3,(H2,33,38)(H,34,36);. The van der Waals surface area contributed by atoms with Gasteiger partial charge in [0, 0.05) is 18.9 Å². The van der Waals surface area contributed by atoms with E-state index in [-0.39, 0.29) is 30.2 Å². The largest absolute Gasteiger partial charge is 0.492 e. The molecule has 1 saturated carbocycles. The van der Waals surface area contributed by atoms with Crippen molar-refractivity contribution in [2.45, 2.75) is 89.5 Å². The molecule has 2 amide bonds. The molecule has 2 aromatic carbocycles. The summed E-state index contributed by atoms with van der Waals surface area (Å²) in [4.78, 5) is 65.5. The molecule has 4 rings (SSSR count). The molecular weight excluding hydrogens is 536 g/mol. The number of rotatable bonds is 11. The predicted octanol–water partition coefficient (Wildman–Crippen LogP) is 4.49. The van der Waals surface area contributed by atoms with Gasteiger partial charge in [-0.1, -0.05) is 43.9 Å². The van der Waals surface area contributed by atoms with Crippen LogP contribution in [0.5, 0.6) is 5.75 Å². The van der Waals surface area contributed by atoms with E-state index >= 15 is 0 Å². The average molecular weight is 577 g/mol. The first-order valence-electron chi connectivity index (χ1n) is 14.7. The lowest BCUT2D eigenvalue weighted by Crippen LogP contribution is -2.41. The molecule has 3 N–H and O–H groups in total. The Morgan fingerprint density at radius 1 is 1.05 bits per heavy atom. The number of ether oxygens (including phenoxy) is 1. The molecule has 2 unspecified atom stereocenters. The molecule has 42 heavy (non-hydrogen) atoms. The second-order valence-electron chi connectivity index (χ2n) is 11.2. The van der Waals surface area contributed by atoms with Crippen molar-refractivity contribution in [2.75, 3.05) is 6.61 Å². The van der Waals surface area contributed by atoms with E-state index in [1.165, 1.54) is 26.2 Å². The quantitative estimate of drug-likeness (QED) is 0.296. The highest BCUT2D eigenvalue weighted by molar-refractivity contribution is 5.96. The summed E-state index contributed by atoms with van der Waals surface area (Å²) >= 11 is 0. The molecule has 2 aliphatic rings. The Labute approximate surface area is 246 Å². The van der Waals surface area contributed by atoms with Gasteiger partial charge in [-0.3, -0.25) is 19.2 Å². The maximum atomic E-state index is 13.6. The van der Waals surface area contributed by atoms with E-state index in [0.29, 0.717) is 35.8 Å². The second kappa shape index (κ2) is 16.4. The number of aldehydes is 1. The second-order valence-corrected chi connectivity index (χ2v) is 11.2. The van der Waals surface area contributed by atoms with E-state index in [1.807, 2.05) is 18.2 Å². The molecule has 0 heterocycles. The minimum atomic E-state index is -0.704. The van der Waals surface area contributed by atoms with Crippen molar-refractivity contribution in [1.29, 1.82) is 0 Å². The first-order valence-corrected chi connectivity index (χ1v) is 14.7. The average Bonchev–Trinajstić information content (AvgIpc) is 3.17. The van der Waals surface area contributed by atoms with Gasteiger partial charge in [0.1, 0.15) is 12.0 Å². The fraction of sp³-hybridized carbons (Fsp3) is 0.485. The van der Waals surface area contributed by atoms with Crippen molar-refractivity contribution in [2.24, 2.45) is 11.7 Å². The Kier molecular flexibility index (Phi) is 12.6. The maximum Gasteiger partial charge on any atom is 0.373 e. The zero-order valence-electron chi connectivity index (χ0n) is 24.2. The molecule has 0 aromatic heterocycles. The minimum Gasteiger partial charge on any atom is -0.492 e. The van der Waals surface area contributed by atoms with E-state index < -0.39 is 11.9 Å². The Morgan fingerprint density at radius 2 is 1.76 bits per heavy atom. The highest BCUT2D eigenvalue weighted by Gasteiger charge is 2.28. The van der Waals surface area contributed by atoms with Gasteiger partial charge in [0.05, 0.1) is 18.2 Å². The fourth-order valence-corrected chi connectivity index (χ4v) is 6.09. The van der Waals surface area contributed by atoms with Crippen molar-refractivity contribution in [1.82, 2.24) is 5.32 Å². The maximum absolute atomic E-state index is 13.6. The van der Waals surface area contributed by atoms with Crippen LogP contribution in [0.1, 0.15) is 108 Å². The van der Waals surface area contributed by atoms with Gasteiger partial charge in [0.15, 0.2) is 5.78 Å². The van der Waals surface area contributed by atoms with Crippen LogP contribution >= 0.6 is 0 Å². The van der Waals surface area contributed by atoms with Crippen LogP contribution in [0.3, 0.4) is 0 Å². The van der Waals surface area contributed by atoms with Gasteiger partial charge in [-0.15, -0.1) is 0 Å². The highest BCUT2D eigenvalue weighted by Crippen LogP contribution is 2.37. The molecule has 2 aromatic rings. The first-order chi connectivity index (χ1) is 20.2. The molecule has 0 spiro atoms. The van der Waals surface area contributed by atoms with Crippen LogP contribution in [0.4, 0.5) is 0 Å². The van der Waals surface area contributed by atoms with Crippen molar-refractivity contribution in [3.63, 3.8) is 0 Å². The van der Waals surface area contributed by atoms with Crippen molar-refractivity contribution >= 4 is 30.0 Å². The Balaban J connectivity index is 0.00000155. The van der Waals surface area contributed by atoms with Crippen LogP contribution in [0, 0.1) is 5.92 Å². The summed E-state index contributed by atoms with van der Waals surface area (Å²) in [6, 6.07) is 10.2. The Bertz CT molecular complexity index is 1290. The number of hydrogen-bond donors (Lipinski definition) is 2. The number of benzene rings is 2. The summed E-state index contributed by atoms with van der Waals surface area (Å²) in [5, 5.41) is 2.81. The number of aryl methyl sites for hydroxylation is 1. The minimum absolute atomic E-state index is 0.0715. The lowest BCUT2D eigenvalue weighted by atomic mass is 9.85. The zero-order chi connectivity index (χ0) is 30.5. The normalized spacial score (nSPS) is 17.2. The van der Waals surface area contributed by atoms with Crippen molar-refractivity contribution < 1.29 is 33.5 Å². The van der Waals surface area contributed by atoms with E-state index in [2.05, 4.69) is 5.32 Å². The number of fused-ring (bicyclic) bond motifs is 1. The van der Waals surface area contributed by atoms with Gasteiger partial charge in [0.25, 0.3) is 5.91 Å². The van der Waals surface area contributed by atoms with Crippen LogP contribution < -0.4 is 15.8 Å². The van der Waals surface area contributed by atoms with E-state index in [4.69, 9.17) is 20.1 Å². The smallest absolute Gasteiger partial charge is 0.373 e. The third-order valence-electron chi connectivity index (χ3n) is 8.14. The number of nitrogens with one attached hydrogen (secondary N) is 1. The van der Waals surface area contributed by atoms with Crippen LogP contribution in [0.15, 0.2) is 36.4 Å². The molecule has 2 atom stereocenters. The van der Waals surface area contributed by atoms with E-state index in [9.17, 15) is 19.2 Å². The number of carbonyl (C=O) groups excluding carboxylic acids is 6. The van der Waals surface area contributed by atoms with Crippen LogP contribution in [0.25, 0.3) is 0 Å². The third kappa shape index (κ3) is 9.48. The topological polar surface area (TPSA) is 150 Å². The molecule has 1 fully saturated rings.